The Balaban J connectivity index is 1.41. The Labute approximate surface area is 157 Å². The average molecular weight is 371 g/mol. The molecular weight excluding hydrogens is 352 g/mol. The zero-order valence-electron chi connectivity index (χ0n) is 14.1. The predicted octanol–water partition coefficient (Wildman–Crippen LogP) is 3.65. The van der Waals surface area contributed by atoms with Gasteiger partial charge in [0.2, 0.25) is 5.91 Å². The van der Waals surface area contributed by atoms with Crippen LogP contribution in [0.5, 0.6) is 5.75 Å². The lowest BCUT2D eigenvalue weighted by atomic mass is 10.1. The summed E-state index contributed by atoms with van der Waals surface area (Å²) in [5, 5.41) is 6.23. The second-order valence-corrected chi connectivity index (χ2v) is 6.35. The van der Waals surface area contributed by atoms with Crippen LogP contribution in [0.15, 0.2) is 54.1 Å². The van der Waals surface area contributed by atoms with E-state index in [9.17, 15) is 9.59 Å². The van der Waals surface area contributed by atoms with Crippen molar-refractivity contribution in [3.63, 3.8) is 0 Å². The number of hydrogen-bond donors (Lipinski definition) is 2. The molecule has 0 atom stereocenters. The number of amides is 2. The Morgan fingerprint density at radius 3 is 2.65 bits per heavy atom. The zero-order valence-corrected chi connectivity index (χ0v) is 14.9. The quantitative estimate of drug-likeness (QED) is 0.763. The van der Waals surface area contributed by atoms with Gasteiger partial charge in [0.05, 0.1) is 5.57 Å². The monoisotopic (exact) mass is 370 g/mol. The molecule has 1 aliphatic rings. The zero-order chi connectivity index (χ0) is 18.4. The fraction of sp³-hybridized carbons (Fsp3) is 0.200. The molecule has 6 heteroatoms. The summed E-state index contributed by atoms with van der Waals surface area (Å²) in [6.07, 6.45) is 2.71. The van der Waals surface area contributed by atoms with Crippen LogP contribution in [0.3, 0.4) is 0 Å². The lowest BCUT2D eigenvalue weighted by Crippen LogP contribution is -2.29. The van der Waals surface area contributed by atoms with E-state index in [1.54, 1.807) is 24.3 Å². The van der Waals surface area contributed by atoms with E-state index in [1.807, 2.05) is 30.3 Å². The Kier molecular flexibility index (Phi) is 5.92. The van der Waals surface area contributed by atoms with Gasteiger partial charge in [-0.2, -0.15) is 0 Å². The van der Waals surface area contributed by atoms with Crippen molar-refractivity contribution in [3.8, 4) is 5.75 Å². The first kappa shape index (κ1) is 18.0. The highest BCUT2D eigenvalue weighted by Gasteiger charge is 2.16. The molecule has 5 nitrogen and oxygen atoms in total. The smallest absolute Gasteiger partial charge is 0.250 e. The predicted molar refractivity (Wildman–Crippen MR) is 102 cm³/mol. The number of hydrogen-bond acceptors (Lipinski definition) is 3. The van der Waals surface area contributed by atoms with Gasteiger partial charge in [-0.1, -0.05) is 29.8 Å². The van der Waals surface area contributed by atoms with E-state index in [1.165, 1.54) is 0 Å². The van der Waals surface area contributed by atoms with Gasteiger partial charge in [0, 0.05) is 29.2 Å². The van der Waals surface area contributed by atoms with Gasteiger partial charge in [-0.15, -0.1) is 0 Å². The molecule has 2 aromatic carbocycles. The van der Waals surface area contributed by atoms with Crippen molar-refractivity contribution in [2.24, 2.45) is 0 Å². The van der Waals surface area contributed by atoms with Gasteiger partial charge in [0.1, 0.15) is 12.4 Å². The van der Waals surface area contributed by atoms with Gasteiger partial charge in [0.15, 0.2) is 0 Å². The number of nitrogens with one attached hydrogen (secondary N) is 2. The topological polar surface area (TPSA) is 67.4 Å². The van der Waals surface area contributed by atoms with Gasteiger partial charge < -0.3 is 15.4 Å². The molecule has 0 aliphatic carbocycles. The molecule has 2 amide bonds. The summed E-state index contributed by atoms with van der Waals surface area (Å²) in [6, 6.07) is 14.5. The van der Waals surface area contributed by atoms with Gasteiger partial charge in [0.25, 0.3) is 5.91 Å². The minimum Gasteiger partial charge on any atom is -0.488 e. The van der Waals surface area contributed by atoms with E-state index in [0.29, 0.717) is 35.7 Å². The molecular formula is C20H19ClN2O3. The third-order valence-electron chi connectivity index (χ3n) is 3.92. The molecule has 0 radical (unpaired) electrons. The second kappa shape index (κ2) is 8.54. The lowest BCUT2D eigenvalue weighted by Gasteiger charge is -2.17. The highest BCUT2D eigenvalue weighted by Crippen LogP contribution is 2.25. The molecule has 1 heterocycles. The van der Waals surface area contributed by atoms with E-state index in [2.05, 4.69) is 10.6 Å². The fourth-order valence-electron chi connectivity index (χ4n) is 2.57. The highest BCUT2D eigenvalue weighted by molar-refractivity contribution is 6.30. The number of halogens is 1. The summed E-state index contributed by atoms with van der Waals surface area (Å²) < 4.78 is 5.57. The molecule has 0 fully saturated rings. The Morgan fingerprint density at radius 2 is 1.85 bits per heavy atom. The maximum absolute atomic E-state index is 12.2. The number of carbonyl (C=O) groups is 2. The summed E-state index contributed by atoms with van der Waals surface area (Å²) in [7, 11) is 0. The van der Waals surface area contributed by atoms with Crippen molar-refractivity contribution in [3.05, 3.63) is 64.7 Å². The number of anilines is 1. The second-order valence-electron chi connectivity index (χ2n) is 5.91. The van der Waals surface area contributed by atoms with Crippen LogP contribution in [-0.2, 0) is 9.59 Å². The molecule has 0 unspecified atom stereocenters. The van der Waals surface area contributed by atoms with E-state index >= 15 is 0 Å². The van der Waals surface area contributed by atoms with Crippen molar-refractivity contribution < 1.29 is 14.3 Å². The third kappa shape index (κ3) is 4.86. The van der Waals surface area contributed by atoms with Crippen LogP contribution in [-0.4, -0.2) is 25.0 Å². The van der Waals surface area contributed by atoms with Gasteiger partial charge in [-0.3, -0.25) is 9.59 Å². The summed E-state index contributed by atoms with van der Waals surface area (Å²) in [5.41, 5.74) is 2.17. The van der Waals surface area contributed by atoms with Crippen molar-refractivity contribution in [1.82, 2.24) is 5.32 Å². The van der Waals surface area contributed by atoms with Gasteiger partial charge in [-0.25, -0.2) is 0 Å². The number of rotatable bonds is 6. The van der Waals surface area contributed by atoms with Crippen LogP contribution in [0, 0.1) is 0 Å². The van der Waals surface area contributed by atoms with Gasteiger partial charge in [-0.05, 0) is 42.8 Å². The third-order valence-corrected chi connectivity index (χ3v) is 4.17. The van der Waals surface area contributed by atoms with Crippen LogP contribution in [0.1, 0.15) is 18.4 Å². The number of para-hydroxylation sites is 1. The van der Waals surface area contributed by atoms with E-state index in [4.69, 9.17) is 16.3 Å². The fourth-order valence-corrected chi connectivity index (χ4v) is 2.69. The molecule has 134 valence electrons. The van der Waals surface area contributed by atoms with Crippen LogP contribution in [0.4, 0.5) is 5.69 Å². The Bertz CT molecular complexity index is 831. The highest BCUT2D eigenvalue weighted by atomic mass is 35.5. The van der Waals surface area contributed by atoms with Crippen molar-refractivity contribution in [1.29, 1.82) is 0 Å². The Morgan fingerprint density at radius 1 is 1.08 bits per heavy atom. The Hall–Kier alpha value is -2.79. The standard InChI is InChI=1S/C20H19ClN2O3/c21-16-7-9-17(10-8-16)23-19(24)6-3-11-22-20(25)15-12-14-4-1-2-5-18(14)26-13-15/h1-2,4-5,7-10,12H,3,6,11,13H2,(H,22,25)(H,23,24). The molecule has 0 bridgehead atoms. The van der Waals surface area contributed by atoms with Crippen molar-refractivity contribution in [2.75, 3.05) is 18.5 Å². The first-order valence-electron chi connectivity index (χ1n) is 8.38. The molecule has 26 heavy (non-hydrogen) atoms. The number of fused-ring (bicyclic) bond motifs is 1. The summed E-state index contributed by atoms with van der Waals surface area (Å²) in [5.74, 6) is 0.510. The maximum Gasteiger partial charge on any atom is 0.250 e. The first-order chi connectivity index (χ1) is 12.6. The molecule has 0 aromatic heterocycles. The van der Waals surface area contributed by atoms with Crippen LogP contribution in [0.2, 0.25) is 5.02 Å². The minimum absolute atomic E-state index is 0.101. The van der Waals surface area contributed by atoms with Crippen molar-refractivity contribution in [2.45, 2.75) is 12.8 Å². The van der Waals surface area contributed by atoms with Crippen LogP contribution in [0.25, 0.3) is 6.08 Å². The normalized spacial score (nSPS) is 12.4. The summed E-state index contributed by atoms with van der Waals surface area (Å²) >= 11 is 5.81. The SMILES string of the molecule is O=C(CCCNC(=O)C1=Cc2ccccc2OC1)Nc1ccc(Cl)cc1. The van der Waals surface area contributed by atoms with Crippen LogP contribution >= 0.6 is 11.6 Å². The lowest BCUT2D eigenvalue weighted by molar-refractivity contribution is -0.119. The maximum atomic E-state index is 12.2. The molecule has 2 aromatic rings. The van der Waals surface area contributed by atoms with Gasteiger partial charge >= 0.3 is 0 Å². The molecule has 3 rings (SSSR count). The number of ether oxygens (including phenoxy) is 1. The molecule has 0 spiro atoms. The average Bonchev–Trinajstić information content (AvgIpc) is 2.66. The number of carbonyl (C=O) groups excluding carboxylic acids is 2. The molecule has 0 saturated carbocycles. The van der Waals surface area contributed by atoms with E-state index in [0.717, 1.165) is 11.3 Å². The van der Waals surface area contributed by atoms with E-state index < -0.39 is 0 Å². The molecule has 1 aliphatic heterocycles. The molecule has 0 saturated heterocycles. The first-order valence-corrected chi connectivity index (χ1v) is 8.75. The number of benzene rings is 2. The van der Waals surface area contributed by atoms with E-state index in [-0.39, 0.29) is 18.4 Å². The largest absolute Gasteiger partial charge is 0.488 e. The minimum atomic E-state index is -0.169. The van der Waals surface area contributed by atoms with Crippen molar-refractivity contribution >= 4 is 35.2 Å². The summed E-state index contributed by atoms with van der Waals surface area (Å²) in [6.45, 7) is 0.672. The van der Waals surface area contributed by atoms with Crippen LogP contribution < -0.4 is 15.4 Å². The molecule has 2 N–H and O–H groups in total. The summed E-state index contributed by atoms with van der Waals surface area (Å²) in [4.78, 5) is 24.1.